The fourth-order valence-electron chi connectivity index (χ4n) is 1.28. The first-order valence-electron chi connectivity index (χ1n) is 4.90. The van der Waals surface area contributed by atoms with Crippen molar-refractivity contribution in [2.24, 2.45) is 0 Å². The quantitative estimate of drug-likeness (QED) is 0.675. The van der Waals surface area contributed by atoms with Crippen molar-refractivity contribution in [3.8, 4) is 0 Å². The Hall–Kier alpha value is -0.380. The predicted octanol–water partition coefficient (Wildman–Crippen LogP) is 1.59. The molecule has 1 aromatic heterocycles. The molecule has 0 aliphatic heterocycles. The molecule has 1 aliphatic rings. The van der Waals surface area contributed by atoms with Crippen molar-refractivity contribution < 1.29 is 0 Å². The molecular formula is C10H16N2S. The van der Waals surface area contributed by atoms with Gasteiger partial charge in [-0.15, -0.1) is 0 Å². The van der Waals surface area contributed by atoms with Crippen LogP contribution in [0.2, 0.25) is 0 Å². The van der Waals surface area contributed by atoms with Gasteiger partial charge < -0.3 is 10.6 Å². The van der Waals surface area contributed by atoms with Crippen LogP contribution < -0.4 is 10.6 Å². The third-order valence-electron chi connectivity index (χ3n) is 2.22. The lowest BCUT2D eigenvalue weighted by atomic mass is 10.3. The number of hydrogen-bond donors (Lipinski definition) is 2. The predicted molar refractivity (Wildman–Crippen MR) is 57.1 cm³/mol. The molecule has 0 amide bonds. The van der Waals surface area contributed by atoms with Crippen molar-refractivity contribution in [2.75, 3.05) is 13.1 Å². The maximum Gasteiger partial charge on any atom is 0.0214 e. The number of nitrogens with one attached hydrogen (secondary N) is 2. The normalized spacial score (nSPS) is 16.3. The van der Waals surface area contributed by atoms with E-state index in [0.29, 0.717) is 0 Å². The monoisotopic (exact) mass is 196 g/mol. The van der Waals surface area contributed by atoms with Gasteiger partial charge in [0.15, 0.2) is 0 Å². The number of rotatable bonds is 6. The molecule has 1 heterocycles. The van der Waals surface area contributed by atoms with Gasteiger partial charge in [0.05, 0.1) is 0 Å². The minimum absolute atomic E-state index is 0.836. The average molecular weight is 196 g/mol. The topological polar surface area (TPSA) is 24.1 Å². The lowest BCUT2D eigenvalue weighted by molar-refractivity contribution is 0.609. The van der Waals surface area contributed by atoms with Crippen LogP contribution in [0, 0.1) is 0 Å². The summed E-state index contributed by atoms with van der Waals surface area (Å²) < 4.78 is 0. The van der Waals surface area contributed by atoms with Crippen LogP contribution in [0.25, 0.3) is 0 Å². The summed E-state index contributed by atoms with van der Waals surface area (Å²) in [4.78, 5) is 0. The Morgan fingerprint density at radius 2 is 2.31 bits per heavy atom. The van der Waals surface area contributed by atoms with Gasteiger partial charge in [-0.2, -0.15) is 11.3 Å². The van der Waals surface area contributed by atoms with Crippen LogP contribution in [0.5, 0.6) is 0 Å². The molecule has 0 atom stereocenters. The van der Waals surface area contributed by atoms with Gasteiger partial charge in [0.1, 0.15) is 0 Å². The zero-order valence-electron chi connectivity index (χ0n) is 7.75. The molecule has 0 radical (unpaired) electrons. The largest absolute Gasteiger partial charge is 0.313 e. The summed E-state index contributed by atoms with van der Waals surface area (Å²) in [6.45, 7) is 3.19. The molecule has 0 spiro atoms. The van der Waals surface area contributed by atoms with E-state index >= 15 is 0 Å². The first kappa shape index (κ1) is 9.19. The highest BCUT2D eigenvalue weighted by molar-refractivity contribution is 7.07. The second-order valence-electron chi connectivity index (χ2n) is 3.54. The van der Waals surface area contributed by atoms with Crippen LogP contribution in [-0.2, 0) is 6.54 Å². The van der Waals surface area contributed by atoms with E-state index in [1.54, 1.807) is 11.3 Å². The number of hydrogen-bond acceptors (Lipinski definition) is 3. The minimum Gasteiger partial charge on any atom is -0.313 e. The Bertz CT molecular complexity index is 229. The van der Waals surface area contributed by atoms with E-state index in [1.807, 2.05) is 0 Å². The maximum absolute atomic E-state index is 3.48. The van der Waals surface area contributed by atoms with E-state index < -0.39 is 0 Å². The Kier molecular flexibility index (Phi) is 3.35. The molecule has 2 rings (SSSR count). The first-order chi connectivity index (χ1) is 6.45. The van der Waals surface area contributed by atoms with Crippen LogP contribution in [-0.4, -0.2) is 19.1 Å². The molecule has 1 aromatic rings. The Labute approximate surface area is 83.4 Å². The van der Waals surface area contributed by atoms with Crippen LogP contribution in [0.1, 0.15) is 18.4 Å². The standard InChI is InChI=1S/C10H16N2S/c1-2-10(1)12-5-4-11-7-9-3-6-13-8-9/h3,6,8,10-12H,1-2,4-5,7H2. The van der Waals surface area contributed by atoms with Crippen LogP contribution >= 0.6 is 11.3 Å². The molecule has 1 aliphatic carbocycles. The van der Waals surface area contributed by atoms with E-state index in [9.17, 15) is 0 Å². The van der Waals surface area contributed by atoms with E-state index in [4.69, 9.17) is 0 Å². The third kappa shape index (κ3) is 3.46. The van der Waals surface area contributed by atoms with Crippen molar-refractivity contribution in [1.82, 2.24) is 10.6 Å². The van der Waals surface area contributed by atoms with Gasteiger partial charge in [-0.1, -0.05) is 0 Å². The second kappa shape index (κ2) is 4.74. The zero-order chi connectivity index (χ0) is 8.93. The van der Waals surface area contributed by atoms with E-state index in [1.165, 1.54) is 18.4 Å². The lowest BCUT2D eigenvalue weighted by Gasteiger charge is -2.03. The van der Waals surface area contributed by atoms with Crippen molar-refractivity contribution in [2.45, 2.75) is 25.4 Å². The van der Waals surface area contributed by atoms with Gasteiger partial charge in [-0.25, -0.2) is 0 Å². The van der Waals surface area contributed by atoms with Crippen LogP contribution in [0.4, 0.5) is 0 Å². The van der Waals surface area contributed by atoms with Crippen molar-refractivity contribution >= 4 is 11.3 Å². The summed E-state index contributed by atoms with van der Waals surface area (Å²) in [6, 6.07) is 3.01. The summed E-state index contributed by atoms with van der Waals surface area (Å²) in [7, 11) is 0. The maximum atomic E-state index is 3.48. The summed E-state index contributed by atoms with van der Waals surface area (Å²) in [5.74, 6) is 0. The van der Waals surface area contributed by atoms with Gasteiger partial charge in [-0.3, -0.25) is 0 Å². The molecule has 1 saturated carbocycles. The molecule has 2 N–H and O–H groups in total. The molecule has 13 heavy (non-hydrogen) atoms. The molecule has 1 fully saturated rings. The Balaban J connectivity index is 1.48. The highest BCUT2D eigenvalue weighted by Gasteiger charge is 2.19. The smallest absolute Gasteiger partial charge is 0.0214 e. The number of thiophene rings is 1. The SMILES string of the molecule is c1cc(CNCCNC2CC2)cs1. The summed E-state index contributed by atoms with van der Waals surface area (Å²) >= 11 is 1.76. The molecule has 72 valence electrons. The van der Waals surface area contributed by atoms with Gasteiger partial charge in [0, 0.05) is 25.7 Å². The van der Waals surface area contributed by atoms with Crippen molar-refractivity contribution in [3.63, 3.8) is 0 Å². The van der Waals surface area contributed by atoms with Crippen molar-refractivity contribution in [1.29, 1.82) is 0 Å². The van der Waals surface area contributed by atoms with E-state index in [0.717, 1.165) is 25.7 Å². The molecule has 3 heteroatoms. The highest BCUT2D eigenvalue weighted by Crippen LogP contribution is 2.17. The lowest BCUT2D eigenvalue weighted by Crippen LogP contribution is -2.28. The third-order valence-corrected chi connectivity index (χ3v) is 2.95. The zero-order valence-corrected chi connectivity index (χ0v) is 8.57. The molecule has 0 saturated heterocycles. The summed E-state index contributed by atoms with van der Waals surface area (Å²) in [5.41, 5.74) is 1.40. The summed E-state index contributed by atoms with van der Waals surface area (Å²) in [5, 5.41) is 11.2. The fraction of sp³-hybridized carbons (Fsp3) is 0.600. The Morgan fingerprint density at radius 3 is 3.00 bits per heavy atom. The fourth-order valence-corrected chi connectivity index (χ4v) is 1.95. The molecule has 0 aromatic carbocycles. The van der Waals surface area contributed by atoms with Gasteiger partial charge in [0.2, 0.25) is 0 Å². The van der Waals surface area contributed by atoms with Crippen molar-refractivity contribution in [3.05, 3.63) is 22.4 Å². The van der Waals surface area contributed by atoms with Gasteiger partial charge in [0.25, 0.3) is 0 Å². The Morgan fingerprint density at radius 1 is 1.38 bits per heavy atom. The average Bonchev–Trinajstić information content (AvgIpc) is 2.81. The van der Waals surface area contributed by atoms with E-state index in [2.05, 4.69) is 27.5 Å². The minimum atomic E-state index is 0.836. The van der Waals surface area contributed by atoms with Crippen LogP contribution in [0.15, 0.2) is 16.8 Å². The van der Waals surface area contributed by atoms with Gasteiger partial charge in [-0.05, 0) is 35.2 Å². The molecule has 0 bridgehead atoms. The first-order valence-corrected chi connectivity index (χ1v) is 5.84. The molecular weight excluding hydrogens is 180 g/mol. The highest BCUT2D eigenvalue weighted by atomic mass is 32.1. The summed E-state index contributed by atoms with van der Waals surface area (Å²) in [6.07, 6.45) is 2.76. The molecule has 2 nitrogen and oxygen atoms in total. The van der Waals surface area contributed by atoms with Crippen LogP contribution in [0.3, 0.4) is 0 Å². The van der Waals surface area contributed by atoms with E-state index in [-0.39, 0.29) is 0 Å². The van der Waals surface area contributed by atoms with Gasteiger partial charge >= 0.3 is 0 Å². The second-order valence-corrected chi connectivity index (χ2v) is 4.32. The molecule has 0 unspecified atom stereocenters.